The molecule has 1 amide bonds. The van der Waals surface area contributed by atoms with Gasteiger partial charge in [0.1, 0.15) is 0 Å². The highest BCUT2D eigenvalue weighted by Crippen LogP contribution is 2.14. The molecule has 1 atom stereocenters. The molecule has 1 aliphatic rings. The van der Waals surface area contributed by atoms with Crippen molar-refractivity contribution in [2.75, 3.05) is 26.2 Å². The van der Waals surface area contributed by atoms with E-state index in [1.54, 1.807) is 0 Å². The largest absolute Gasteiger partial charge is 0.351 e. The normalized spacial score (nSPS) is 18.7. The molecule has 1 aromatic carbocycles. The average molecular weight is 310 g/mol. The summed E-state index contributed by atoms with van der Waals surface area (Å²) in [5, 5.41) is 7.05. The van der Waals surface area contributed by atoms with Crippen molar-refractivity contribution in [2.45, 2.75) is 32.4 Å². The molecule has 0 spiro atoms. The van der Waals surface area contributed by atoms with E-state index in [-0.39, 0.29) is 5.91 Å². The molecule has 0 aliphatic carbocycles. The molecule has 1 saturated heterocycles. The summed E-state index contributed by atoms with van der Waals surface area (Å²) in [6.45, 7) is 6.01. The van der Waals surface area contributed by atoms with Crippen molar-refractivity contribution in [3.05, 3.63) is 34.9 Å². The Morgan fingerprint density at radius 3 is 2.95 bits per heavy atom. The van der Waals surface area contributed by atoms with E-state index in [2.05, 4.69) is 22.5 Å². The molecule has 1 aliphatic heterocycles. The fourth-order valence-electron chi connectivity index (χ4n) is 2.72. The first-order valence-corrected chi connectivity index (χ1v) is 8.03. The van der Waals surface area contributed by atoms with Crippen molar-refractivity contribution in [1.29, 1.82) is 0 Å². The topological polar surface area (TPSA) is 44.4 Å². The second kappa shape index (κ2) is 8.37. The van der Waals surface area contributed by atoms with E-state index in [9.17, 15) is 4.79 Å². The van der Waals surface area contributed by atoms with Crippen LogP contribution in [0.4, 0.5) is 0 Å². The number of likely N-dealkylation sites (N-methyl/N-ethyl adjacent to an activating group) is 1. The Balaban J connectivity index is 1.81. The van der Waals surface area contributed by atoms with E-state index in [1.165, 1.54) is 12.8 Å². The number of halogens is 1. The lowest BCUT2D eigenvalue weighted by Gasteiger charge is -2.33. The Morgan fingerprint density at radius 1 is 1.48 bits per heavy atom. The first kappa shape index (κ1) is 16.3. The van der Waals surface area contributed by atoms with Gasteiger partial charge in [0, 0.05) is 24.2 Å². The number of nitrogens with zero attached hydrogens (tertiary/aromatic N) is 1. The SMILES string of the molecule is CCN(CC(=O)NCc1ccccc1Cl)C1CCCNC1. The van der Waals surface area contributed by atoms with Crippen molar-refractivity contribution < 1.29 is 4.79 Å². The van der Waals surface area contributed by atoms with Gasteiger partial charge in [-0.05, 0) is 37.6 Å². The highest BCUT2D eigenvalue weighted by atomic mass is 35.5. The van der Waals surface area contributed by atoms with Crippen LogP contribution in [0.25, 0.3) is 0 Å². The van der Waals surface area contributed by atoms with E-state index in [4.69, 9.17) is 11.6 Å². The van der Waals surface area contributed by atoms with Gasteiger partial charge in [-0.3, -0.25) is 9.69 Å². The summed E-state index contributed by atoms with van der Waals surface area (Å²) in [6.07, 6.45) is 2.35. The second-order valence-electron chi connectivity index (χ2n) is 5.43. The smallest absolute Gasteiger partial charge is 0.234 e. The van der Waals surface area contributed by atoms with E-state index in [0.717, 1.165) is 25.2 Å². The molecule has 1 heterocycles. The van der Waals surface area contributed by atoms with Crippen LogP contribution in [0.1, 0.15) is 25.3 Å². The lowest BCUT2D eigenvalue weighted by atomic mass is 10.1. The summed E-state index contributed by atoms with van der Waals surface area (Å²) in [5.74, 6) is 0.0577. The highest BCUT2D eigenvalue weighted by Gasteiger charge is 2.21. The van der Waals surface area contributed by atoms with Gasteiger partial charge in [0.2, 0.25) is 5.91 Å². The van der Waals surface area contributed by atoms with Crippen molar-refractivity contribution >= 4 is 17.5 Å². The predicted molar refractivity (Wildman–Crippen MR) is 86.4 cm³/mol. The maximum Gasteiger partial charge on any atom is 0.234 e. The molecule has 0 aromatic heterocycles. The quantitative estimate of drug-likeness (QED) is 0.845. The molecule has 0 bridgehead atoms. The second-order valence-corrected chi connectivity index (χ2v) is 5.84. The molecule has 0 radical (unpaired) electrons. The van der Waals surface area contributed by atoms with E-state index >= 15 is 0 Å². The van der Waals surface area contributed by atoms with Gasteiger partial charge < -0.3 is 10.6 Å². The van der Waals surface area contributed by atoms with Gasteiger partial charge >= 0.3 is 0 Å². The van der Waals surface area contributed by atoms with Crippen LogP contribution in [0, 0.1) is 0 Å². The maximum absolute atomic E-state index is 12.1. The lowest BCUT2D eigenvalue weighted by Crippen LogP contribution is -2.49. The zero-order valence-electron chi connectivity index (χ0n) is 12.6. The van der Waals surface area contributed by atoms with Gasteiger partial charge in [0.25, 0.3) is 0 Å². The third-order valence-corrected chi connectivity index (χ3v) is 4.34. The summed E-state index contributed by atoms with van der Waals surface area (Å²) in [6, 6.07) is 8.07. The monoisotopic (exact) mass is 309 g/mol. The summed E-state index contributed by atoms with van der Waals surface area (Å²) in [4.78, 5) is 14.4. The van der Waals surface area contributed by atoms with Crippen LogP contribution in [0.5, 0.6) is 0 Å². The predicted octanol–water partition coefficient (Wildman–Crippen LogP) is 2.03. The molecule has 21 heavy (non-hydrogen) atoms. The Bertz CT molecular complexity index is 461. The molecule has 1 unspecified atom stereocenters. The molecule has 0 saturated carbocycles. The van der Waals surface area contributed by atoms with Crippen molar-refractivity contribution in [3.63, 3.8) is 0 Å². The van der Waals surface area contributed by atoms with Crippen LogP contribution in [0.3, 0.4) is 0 Å². The van der Waals surface area contributed by atoms with Crippen molar-refractivity contribution in [2.24, 2.45) is 0 Å². The summed E-state index contributed by atoms with van der Waals surface area (Å²) < 4.78 is 0. The standard InChI is InChI=1S/C16H24ClN3O/c1-2-20(14-7-5-9-18-11-14)12-16(21)19-10-13-6-3-4-8-15(13)17/h3-4,6,8,14,18H,2,5,7,9-12H2,1H3,(H,19,21). The van der Waals surface area contributed by atoms with Gasteiger partial charge in [-0.2, -0.15) is 0 Å². The molecular weight excluding hydrogens is 286 g/mol. The number of benzene rings is 1. The average Bonchev–Trinajstić information content (AvgIpc) is 2.52. The first-order valence-electron chi connectivity index (χ1n) is 7.65. The minimum Gasteiger partial charge on any atom is -0.351 e. The van der Waals surface area contributed by atoms with Crippen LogP contribution in [-0.4, -0.2) is 43.0 Å². The summed E-state index contributed by atoms with van der Waals surface area (Å²) in [7, 11) is 0. The number of piperidine rings is 1. The van der Waals surface area contributed by atoms with Crippen LogP contribution in [0.2, 0.25) is 5.02 Å². The van der Waals surface area contributed by atoms with Crippen molar-refractivity contribution in [3.8, 4) is 0 Å². The van der Waals surface area contributed by atoms with Crippen LogP contribution >= 0.6 is 11.6 Å². The van der Waals surface area contributed by atoms with Gasteiger partial charge in [0.15, 0.2) is 0 Å². The van der Waals surface area contributed by atoms with Crippen LogP contribution in [-0.2, 0) is 11.3 Å². The minimum absolute atomic E-state index is 0.0577. The number of carbonyl (C=O) groups excluding carboxylic acids is 1. The van der Waals surface area contributed by atoms with Gasteiger partial charge in [0.05, 0.1) is 6.54 Å². The molecule has 5 heteroatoms. The molecule has 116 valence electrons. The Morgan fingerprint density at radius 2 is 2.29 bits per heavy atom. The number of hydrogen-bond donors (Lipinski definition) is 2. The minimum atomic E-state index is 0.0577. The Kier molecular flexibility index (Phi) is 6.49. The first-order chi connectivity index (χ1) is 10.2. The molecular formula is C16H24ClN3O. The molecule has 4 nitrogen and oxygen atoms in total. The summed E-state index contributed by atoms with van der Waals surface area (Å²) in [5.41, 5.74) is 0.954. The number of nitrogens with one attached hydrogen (secondary N) is 2. The fraction of sp³-hybridized carbons (Fsp3) is 0.562. The van der Waals surface area contributed by atoms with Crippen LogP contribution in [0.15, 0.2) is 24.3 Å². The zero-order chi connectivity index (χ0) is 15.1. The summed E-state index contributed by atoms with van der Waals surface area (Å²) >= 11 is 6.09. The van der Waals surface area contributed by atoms with E-state index < -0.39 is 0 Å². The highest BCUT2D eigenvalue weighted by molar-refractivity contribution is 6.31. The zero-order valence-corrected chi connectivity index (χ0v) is 13.3. The fourth-order valence-corrected chi connectivity index (χ4v) is 2.92. The van der Waals surface area contributed by atoms with Gasteiger partial charge in [-0.15, -0.1) is 0 Å². The molecule has 2 N–H and O–H groups in total. The maximum atomic E-state index is 12.1. The third kappa shape index (κ3) is 4.99. The third-order valence-electron chi connectivity index (χ3n) is 3.97. The number of carbonyl (C=O) groups is 1. The molecule has 2 rings (SSSR count). The van der Waals surface area contributed by atoms with E-state index in [0.29, 0.717) is 24.2 Å². The Hall–Kier alpha value is -1.10. The molecule has 1 aromatic rings. The lowest BCUT2D eigenvalue weighted by molar-refractivity contribution is -0.123. The Labute approximate surface area is 131 Å². The number of hydrogen-bond acceptors (Lipinski definition) is 3. The molecule has 1 fully saturated rings. The number of rotatable bonds is 6. The van der Waals surface area contributed by atoms with Gasteiger partial charge in [-0.1, -0.05) is 36.7 Å². The van der Waals surface area contributed by atoms with Crippen molar-refractivity contribution in [1.82, 2.24) is 15.5 Å². The van der Waals surface area contributed by atoms with Crippen LogP contribution < -0.4 is 10.6 Å². The number of amides is 1. The van der Waals surface area contributed by atoms with Gasteiger partial charge in [-0.25, -0.2) is 0 Å². The van der Waals surface area contributed by atoms with E-state index in [1.807, 2.05) is 24.3 Å².